The van der Waals surface area contributed by atoms with Crippen LogP contribution >= 0.6 is 7.37 Å². The molecular formula is C20H15O6P. The highest BCUT2D eigenvalue weighted by Gasteiger charge is 2.27. The first-order valence-electron chi connectivity index (χ1n) is 7.91. The van der Waals surface area contributed by atoms with Crippen molar-refractivity contribution >= 4 is 29.9 Å². The predicted molar refractivity (Wildman–Crippen MR) is 101 cm³/mol. The molecule has 0 amide bonds. The number of hydrogen-bond donors (Lipinski definition) is 3. The van der Waals surface area contributed by atoms with Gasteiger partial charge in [-0.25, -0.2) is 9.59 Å². The molecule has 0 aliphatic heterocycles. The van der Waals surface area contributed by atoms with Gasteiger partial charge in [-0.1, -0.05) is 30.3 Å². The second kappa shape index (κ2) is 7.19. The largest absolute Gasteiger partial charge is 0.478 e. The molecule has 27 heavy (non-hydrogen) atoms. The van der Waals surface area contributed by atoms with Gasteiger partial charge >= 0.3 is 11.9 Å². The number of benzene rings is 3. The fourth-order valence-electron chi connectivity index (χ4n) is 2.72. The standard InChI is InChI=1S/C20H15O6P/c21-19(22)14-7-5-13(6-8-14)17-3-1-2-4-18(17)27(25,26)16-11-9-15(10-12-16)20(23)24/h1-12H,(H,21,22)(H,23,24)(H,25,26). The van der Waals surface area contributed by atoms with E-state index in [2.05, 4.69) is 0 Å². The summed E-state index contributed by atoms with van der Waals surface area (Å²) in [5.74, 6) is -2.17. The molecule has 3 rings (SSSR count). The Kier molecular flexibility index (Phi) is 4.95. The van der Waals surface area contributed by atoms with Gasteiger partial charge in [0.25, 0.3) is 7.37 Å². The van der Waals surface area contributed by atoms with Gasteiger partial charge in [-0.15, -0.1) is 0 Å². The van der Waals surface area contributed by atoms with Gasteiger partial charge in [0.2, 0.25) is 0 Å². The maximum absolute atomic E-state index is 13.2. The van der Waals surface area contributed by atoms with E-state index in [1.54, 1.807) is 30.3 Å². The van der Waals surface area contributed by atoms with Gasteiger partial charge in [-0.3, -0.25) is 4.57 Å². The van der Waals surface area contributed by atoms with Crippen LogP contribution in [0.15, 0.2) is 72.8 Å². The van der Waals surface area contributed by atoms with Crippen LogP contribution in [0.2, 0.25) is 0 Å². The van der Waals surface area contributed by atoms with Gasteiger partial charge in [0, 0.05) is 10.6 Å². The Morgan fingerprint density at radius 2 is 1.19 bits per heavy atom. The van der Waals surface area contributed by atoms with Crippen molar-refractivity contribution in [2.75, 3.05) is 0 Å². The quantitative estimate of drug-likeness (QED) is 0.585. The van der Waals surface area contributed by atoms with Crippen molar-refractivity contribution in [1.82, 2.24) is 0 Å². The van der Waals surface area contributed by atoms with Crippen molar-refractivity contribution in [1.29, 1.82) is 0 Å². The molecule has 0 aliphatic carbocycles. The van der Waals surface area contributed by atoms with Crippen LogP contribution in [0.25, 0.3) is 11.1 Å². The summed E-state index contributed by atoms with van der Waals surface area (Å²) in [7, 11) is -3.99. The Morgan fingerprint density at radius 3 is 1.70 bits per heavy atom. The van der Waals surface area contributed by atoms with Gasteiger partial charge in [0.1, 0.15) is 0 Å². The molecule has 7 heteroatoms. The Labute approximate surface area is 154 Å². The van der Waals surface area contributed by atoms with E-state index in [1.165, 1.54) is 42.5 Å². The lowest BCUT2D eigenvalue weighted by atomic mass is 10.0. The third-order valence-corrected chi connectivity index (χ3v) is 6.18. The molecule has 1 atom stereocenters. The smallest absolute Gasteiger partial charge is 0.335 e. The zero-order valence-electron chi connectivity index (χ0n) is 13.9. The fourth-order valence-corrected chi connectivity index (χ4v) is 4.37. The highest BCUT2D eigenvalue weighted by Crippen LogP contribution is 2.41. The Morgan fingerprint density at radius 1 is 0.704 bits per heavy atom. The zero-order chi connectivity index (χ0) is 19.6. The van der Waals surface area contributed by atoms with Crippen LogP contribution in [-0.2, 0) is 4.57 Å². The second-order valence-corrected chi connectivity index (χ2v) is 7.98. The summed E-state index contributed by atoms with van der Waals surface area (Å²) < 4.78 is 13.2. The third kappa shape index (κ3) is 3.67. The average molecular weight is 382 g/mol. The van der Waals surface area contributed by atoms with Crippen LogP contribution in [0.1, 0.15) is 20.7 Å². The number of aromatic carboxylic acids is 2. The minimum absolute atomic E-state index is 0.0243. The fraction of sp³-hybridized carbons (Fsp3) is 0. The summed E-state index contributed by atoms with van der Waals surface area (Å²) in [6.07, 6.45) is 0. The van der Waals surface area contributed by atoms with Crippen molar-refractivity contribution in [3.63, 3.8) is 0 Å². The van der Waals surface area contributed by atoms with Crippen molar-refractivity contribution in [2.45, 2.75) is 0 Å². The van der Waals surface area contributed by atoms with E-state index in [0.29, 0.717) is 11.1 Å². The van der Waals surface area contributed by atoms with E-state index < -0.39 is 19.3 Å². The van der Waals surface area contributed by atoms with Gasteiger partial charge in [-0.05, 0) is 53.6 Å². The molecule has 0 saturated heterocycles. The summed E-state index contributed by atoms with van der Waals surface area (Å²) in [4.78, 5) is 32.8. The first kappa shape index (κ1) is 18.6. The normalized spacial score (nSPS) is 12.9. The van der Waals surface area contributed by atoms with E-state index >= 15 is 0 Å². The van der Waals surface area contributed by atoms with Crippen LogP contribution in [0.4, 0.5) is 0 Å². The van der Waals surface area contributed by atoms with Crippen molar-refractivity contribution < 1.29 is 29.3 Å². The number of rotatable bonds is 5. The number of carboxylic acid groups (broad SMARTS) is 2. The number of carbonyl (C=O) groups is 2. The lowest BCUT2D eigenvalue weighted by molar-refractivity contribution is 0.0686. The lowest BCUT2D eigenvalue weighted by Crippen LogP contribution is -2.18. The third-order valence-electron chi connectivity index (χ3n) is 4.14. The van der Waals surface area contributed by atoms with E-state index in [0.717, 1.165) is 0 Å². The monoisotopic (exact) mass is 382 g/mol. The second-order valence-electron chi connectivity index (χ2n) is 5.83. The Hall–Kier alpha value is -3.21. The molecule has 3 aromatic carbocycles. The van der Waals surface area contributed by atoms with E-state index in [9.17, 15) is 19.0 Å². The minimum Gasteiger partial charge on any atom is -0.478 e. The maximum Gasteiger partial charge on any atom is 0.335 e. The average Bonchev–Trinajstić information content (AvgIpc) is 2.68. The van der Waals surface area contributed by atoms with Crippen LogP contribution in [0.5, 0.6) is 0 Å². The highest BCUT2D eigenvalue weighted by molar-refractivity contribution is 7.73. The molecule has 3 N–H and O–H groups in total. The maximum atomic E-state index is 13.2. The van der Waals surface area contributed by atoms with E-state index in [4.69, 9.17) is 10.2 Å². The topological polar surface area (TPSA) is 112 Å². The van der Waals surface area contributed by atoms with Crippen LogP contribution in [0, 0.1) is 0 Å². The van der Waals surface area contributed by atoms with Crippen LogP contribution < -0.4 is 10.6 Å². The van der Waals surface area contributed by atoms with Crippen molar-refractivity contribution in [3.8, 4) is 11.1 Å². The molecule has 0 fully saturated rings. The minimum atomic E-state index is -3.99. The zero-order valence-corrected chi connectivity index (χ0v) is 14.8. The van der Waals surface area contributed by atoms with E-state index in [1.807, 2.05) is 0 Å². The summed E-state index contributed by atoms with van der Waals surface area (Å²) >= 11 is 0. The van der Waals surface area contributed by atoms with Crippen LogP contribution in [-0.4, -0.2) is 27.0 Å². The first-order chi connectivity index (χ1) is 12.8. The van der Waals surface area contributed by atoms with Crippen LogP contribution in [0.3, 0.4) is 0 Å². The molecule has 3 aromatic rings. The summed E-state index contributed by atoms with van der Waals surface area (Å²) in [5, 5.41) is 18.3. The number of carboxylic acids is 2. The molecule has 0 bridgehead atoms. The van der Waals surface area contributed by atoms with Crippen molar-refractivity contribution in [3.05, 3.63) is 83.9 Å². The molecule has 0 spiro atoms. The summed E-state index contributed by atoms with van der Waals surface area (Å²) in [6.45, 7) is 0. The van der Waals surface area contributed by atoms with Gasteiger partial charge in [-0.2, -0.15) is 0 Å². The lowest BCUT2D eigenvalue weighted by Gasteiger charge is -2.17. The summed E-state index contributed by atoms with van der Waals surface area (Å²) in [6, 6.07) is 17.8. The summed E-state index contributed by atoms with van der Waals surface area (Å²) in [5.41, 5.74) is 1.25. The van der Waals surface area contributed by atoms with E-state index in [-0.39, 0.29) is 21.7 Å². The molecular weight excluding hydrogens is 367 g/mol. The predicted octanol–water partition coefficient (Wildman–Crippen LogP) is 2.97. The molecule has 0 aromatic heterocycles. The molecule has 0 radical (unpaired) electrons. The SMILES string of the molecule is O=C(O)c1ccc(-c2ccccc2P(=O)(O)c2ccc(C(=O)O)cc2)cc1. The molecule has 6 nitrogen and oxygen atoms in total. The highest BCUT2D eigenvalue weighted by atomic mass is 31.2. The molecule has 0 heterocycles. The molecule has 0 aliphatic rings. The Bertz CT molecular complexity index is 1050. The van der Waals surface area contributed by atoms with Crippen molar-refractivity contribution in [2.24, 2.45) is 0 Å². The van der Waals surface area contributed by atoms with Gasteiger partial charge in [0.05, 0.1) is 11.1 Å². The van der Waals surface area contributed by atoms with Gasteiger partial charge in [0.15, 0.2) is 0 Å². The first-order valence-corrected chi connectivity index (χ1v) is 9.56. The Balaban J connectivity index is 2.07. The molecule has 1 unspecified atom stereocenters. The molecule has 0 saturated carbocycles. The molecule has 136 valence electrons. The van der Waals surface area contributed by atoms with Gasteiger partial charge < -0.3 is 15.1 Å². The number of hydrogen-bond acceptors (Lipinski definition) is 3.